The molecule has 0 aliphatic carbocycles. The van der Waals surface area contributed by atoms with Gasteiger partial charge in [-0.1, -0.05) is 6.07 Å². The lowest BCUT2D eigenvalue weighted by Crippen LogP contribution is -2.52. The van der Waals surface area contributed by atoms with E-state index in [1.54, 1.807) is 12.1 Å². The zero-order chi connectivity index (χ0) is 31.9. The fraction of sp³-hybridized carbons (Fsp3) is 0.548. The summed E-state index contributed by atoms with van der Waals surface area (Å²) in [6.07, 6.45) is 4.32. The molecular weight excluding hydrogens is 584 g/mol. The van der Waals surface area contributed by atoms with Crippen LogP contribution in [0.25, 0.3) is 0 Å². The number of hydrogen-bond acceptors (Lipinski definition) is 10. The van der Waals surface area contributed by atoms with Gasteiger partial charge in [0, 0.05) is 43.1 Å². The molecule has 44 heavy (non-hydrogen) atoms. The Balaban J connectivity index is 1.44. The van der Waals surface area contributed by atoms with E-state index in [1.807, 2.05) is 19.9 Å². The van der Waals surface area contributed by atoms with E-state index in [0.717, 1.165) is 54.9 Å². The third-order valence-electron chi connectivity index (χ3n) is 7.14. The number of anilines is 1. The van der Waals surface area contributed by atoms with Crippen molar-refractivity contribution in [3.8, 4) is 5.75 Å². The summed E-state index contributed by atoms with van der Waals surface area (Å²) < 4.78 is 23.9. The molecule has 1 aromatic carbocycles. The van der Waals surface area contributed by atoms with Crippen LogP contribution in [0.3, 0.4) is 0 Å². The predicted octanol–water partition coefficient (Wildman–Crippen LogP) is 1.97. The highest BCUT2D eigenvalue weighted by molar-refractivity contribution is 7.85. The standard InChI is InChI=1S/C31H46N6O6S/c1-21-18-25(43-17-7-11-26(38)33-16-14-32)19-22(2)28(21)44(41)20-35-30(31(40)42-3)37-27(39)10-5-4-9-24-13-12-23-8-6-15-34-29(23)36-24/h12-13,18-19,30,35H,4-11,14-17,20,32H2,1-3H3,(H,33,38)(H,34,36)(H,37,39). The van der Waals surface area contributed by atoms with Crippen molar-refractivity contribution in [2.45, 2.75) is 76.3 Å². The maximum absolute atomic E-state index is 13.2. The summed E-state index contributed by atoms with van der Waals surface area (Å²) in [5, 5.41) is 11.6. The number of aryl methyl sites for hydroxylation is 4. The van der Waals surface area contributed by atoms with E-state index in [2.05, 4.69) is 27.3 Å². The number of ether oxygens (including phenoxy) is 2. The number of nitrogens with one attached hydrogen (secondary N) is 4. The molecule has 1 aromatic heterocycles. The summed E-state index contributed by atoms with van der Waals surface area (Å²) in [4.78, 5) is 42.0. The normalized spacial score (nSPS) is 13.6. The van der Waals surface area contributed by atoms with Crippen LogP contribution in [0.2, 0.25) is 0 Å². The minimum atomic E-state index is -1.52. The van der Waals surface area contributed by atoms with Gasteiger partial charge in [-0.3, -0.25) is 19.1 Å². The van der Waals surface area contributed by atoms with Gasteiger partial charge in [0.25, 0.3) is 0 Å². The van der Waals surface area contributed by atoms with Crippen LogP contribution in [0.4, 0.5) is 5.82 Å². The minimum absolute atomic E-state index is 0.0673. The number of methoxy groups -OCH3 is 1. The summed E-state index contributed by atoms with van der Waals surface area (Å²) in [6.45, 7) is 5.82. The number of nitrogens with zero attached hydrogens (tertiary/aromatic N) is 1. The maximum Gasteiger partial charge on any atom is 0.343 e. The van der Waals surface area contributed by atoms with Crippen LogP contribution in [0.15, 0.2) is 29.2 Å². The molecule has 0 saturated heterocycles. The fourth-order valence-corrected chi connectivity index (χ4v) is 6.25. The number of rotatable bonds is 18. The molecule has 2 aromatic rings. The van der Waals surface area contributed by atoms with E-state index in [1.165, 1.54) is 12.7 Å². The van der Waals surface area contributed by atoms with Gasteiger partial charge in [0.2, 0.25) is 11.8 Å². The number of esters is 1. The van der Waals surface area contributed by atoms with Crippen molar-refractivity contribution in [2.75, 3.05) is 44.5 Å². The average Bonchev–Trinajstić information content (AvgIpc) is 3.01. The molecule has 6 N–H and O–H groups in total. The number of amides is 2. The topological polar surface area (TPSA) is 174 Å². The monoisotopic (exact) mass is 630 g/mol. The van der Waals surface area contributed by atoms with Gasteiger partial charge in [0.1, 0.15) is 11.6 Å². The van der Waals surface area contributed by atoms with Gasteiger partial charge in [-0.2, -0.15) is 0 Å². The zero-order valence-corrected chi connectivity index (χ0v) is 26.8. The number of aromatic nitrogens is 1. The first kappa shape index (κ1) is 34.9. The number of pyridine rings is 1. The van der Waals surface area contributed by atoms with Gasteiger partial charge in [0.05, 0.1) is 30.4 Å². The molecule has 12 nitrogen and oxygen atoms in total. The Hall–Kier alpha value is -3.55. The molecule has 3 rings (SSSR count). The van der Waals surface area contributed by atoms with Crippen molar-refractivity contribution in [1.82, 2.24) is 20.9 Å². The molecule has 0 saturated carbocycles. The van der Waals surface area contributed by atoms with E-state index in [0.29, 0.717) is 49.6 Å². The van der Waals surface area contributed by atoms with Gasteiger partial charge in [0.15, 0.2) is 6.17 Å². The summed E-state index contributed by atoms with van der Waals surface area (Å²) in [7, 11) is -0.280. The van der Waals surface area contributed by atoms with Crippen molar-refractivity contribution in [2.24, 2.45) is 5.73 Å². The van der Waals surface area contributed by atoms with Crippen LogP contribution in [0.5, 0.6) is 5.75 Å². The molecule has 0 spiro atoms. The second kappa shape index (κ2) is 18.3. The Morgan fingerprint density at radius 1 is 1.09 bits per heavy atom. The largest absolute Gasteiger partial charge is 0.494 e. The predicted molar refractivity (Wildman–Crippen MR) is 170 cm³/mol. The van der Waals surface area contributed by atoms with Crippen LogP contribution >= 0.6 is 0 Å². The van der Waals surface area contributed by atoms with Crippen LogP contribution < -0.4 is 31.7 Å². The number of carbonyl (C=O) groups is 3. The number of unbranched alkanes of at least 4 members (excludes halogenated alkanes) is 1. The first-order valence-corrected chi connectivity index (χ1v) is 16.5. The highest BCUT2D eigenvalue weighted by Crippen LogP contribution is 2.25. The van der Waals surface area contributed by atoms with E-state index in [4.69, 9.17) is 20.2 Å². The second-order valence-electron chi connectivity index (χ2n) is 10.7. The van der Waals surface area contributed by atoms with Crippen molar-refractivity contribution >= 4 is 34.4 Å². The van der Waals surface area contributed by atoms with Gasteiger partial charge in [-0.05, 0) is 87.3 Å². The van der Waals surface area contributed by atoms with E-state index < -0.39 is 22.9 Å². The molecule has 0 radical (unpaired) electrons. The molecule has 2 heterocycles. The van der Waals surface area contributed by atoms with E-state index in [-0.39, 0.29) is 24.1 Å². The van der Waals surface area contributed by atoms with Crippen LogP contribution in [0, 0.1) is 13.8 Å². The molecule has 242 valence electrons. The SMILES string of the molecule is COC(=O)C(NCS(=O)c1c(C)cc(OCCCC(=O)NCCN)cc1C)NC(=O)CCCCc1ccc2c(n1)NCCC2. The maximum atomic E-state index is 13.2. The van der Waals surface area contributed by atoms with E-state index in [9.17, 15) is 18.6 Å². The first-order chi connectivity index (χ1) is 21.2. The van der Waals surface area contributed by atoms with Gasteiger partial charge in [-0.25, -0.2) is 9.78 Å². The third-order valence-corrected chi connectivity index (χ3v) is 8.67. The highest BCUT2D eigenvalue weighted by Gasteiger charge is 2.23. The lowest BCUT2D eigenvalue weighted by molar-refractivity contribution is -0.146. The Kier molecular flexibility index (Phi) is 14.5. The summed E-state index contributed by atoms with van der Waals surface area (Å²) in [5.41, 5.74) is 9.15. The van der Waals surface area contributed by atoms with Gasteiger partial charge in [-0.15, -0.1) is 0 Å². The molecular formula is C31H46N6O6S. The van der Waals surface area contributed by atoms with Crippen LogP contribution in [-0.2, 0) is 42.8 Å². The third kappa shape index (κ3) is 11.2. The Labute approximate surface area is 262 Å². The Morgan fingerprint density at radius 2 is 1.84 bits per heavy atom. The number of benzene rings is 1. The number of nitrogens with two attached hydrogens (primary N) is 1. The summed E-state index contributed by atoms with van der Waals surface area (Å²) in [5.74, 6) is 0.469. The molecule has 0 fully saturated rings. The molecule has 13 heteroatoms. The molecule has 0 bridgehead atoms. The average molecular weight is 631 g/mol. The molecule has 1 aliphatic rings. The molecule has 2 unspecified atom stereocenters. The van der Waals surface area contributed by atoms with Gasteiger partial charge < -0.3 is 31.2 Å². The lowest BCUT2D eigenvalue weighted by Gasteiger charge is -2.19. The zero-order valence-electron chi connectivity index (χ0n) is 26.0. The Morgan fingerprint density at radius 3 is 2.57 bits per heavy atom. The quantitative estimate of drug-likeness (QED) is 0.0931. The second-order valence-corrected chi connectivity index (χ2v) is 12.1. The van der Waals surface area contributed by atoms with E-state index >= 15 is 0 Å². The molecule has 2 amide bonds. The fourth-order valence-electron chi connectivity index (χ4n) is 4.95. The van der Waals surface area contributed by atoms with Crippen molar-refractivity contribution in [1.29, 1.82) is 0 Å². The van der Waals surface area contributed by atoms with Crippen LogP contribution in [-0.4, -0.2) is 72.4 Å². The molecule has 2 atom stereocenters. The van der Waals surface area contributed by atoms with Crippen LogP contribution in [0.1, 0.15) is 60.9 Å². The summed E-state index contributed by atoms with van der Waals surface area (Å²) >= 11 is 0. The van der Waals surface area contributed by atoms with Gasteiger partial charge >= 0.3 is 5.97 Å². The lowest BCUT2D eigenvalue weighted by atomic mass is 10.1. The number of carbonyl (C=O) groups excluding carboxylic acids is 3. The molecule has 1 aliphatic heterocycles. The first-order valence-electron chi connectivity index (χ1n) is 15.1. The summed E-state index contributed by atoms with van der Waals surface area (Å²) in [6, 6.07) is 7.76. The van der Waals surface area contributed by atoms with Crippen molar-refractivity contribution in [3.63, 3.8) is 0 Å². The number of hydrogen-bond donors (Lipinski definition) is 5. The van der Waals surface area contributed by atoms with Crippen molar-refractivity contribution in [3.05, 3.63) is 46.6 Å². The highest BCUT2D eigenvalue weighted by atomic mass is 32.2. The van der Waals surface area contributed by atoms with Crippen molar-refractivity contribution < 1.29 is 28.1 Å². The Bertz CT molecular complexity index is 1280. The smallest absolute Gasteiger partial charge is 0.343 e. The number of fused-ring (bicyclic) bond motifs is 1. The minimum Gasteiger partial charge on any atom is -0.494 e.